The fourth-order valence-electron chi connectivity index (χ4n) is 1.70. The molecule has 1 N–H and O–H groups in total. The molecule has 1 aromatic carbocycles. The Kier molecular flexibility index (Phi) is 3.37. The Morgan fingerprint density at radius 2 is 2.00 bits per heavy atom. The molecule has 0 amide bonds. The molecule has 0 aliphatic rings. The van der Waals surface area contributed by atoms with Crippen molar-refractivity contribution in [2.24, 2.45) is 0 Å². The highest BCUT2D eigenvalue weighted by Gasteiger charge is 2.01. The van der Waals surface area contributed by atoms with Crippen LogP contribution in [0.15, 0.2) is 36.7 Å². The average Bonchev–Trinajstić information content (AvgIpc) is 2.70. The number of imidazole rings is 1. The van der Waals surface area contributed by atoms with E-state index in [1.807, 2.05) is 19.4 Å². The molecule has 0 fully saturated rings. The van der Waals surface area contributed by atoms with E-state index in [0.717, 1.165) is 18.9 Å². The molecule has 0 saturated heterocycles. The van der Waals surface area contributed by atoms with Gasteiger partial charge in [-0.05, 0) is 19.5 Å². The number of hydrogen-bond acceptors (Lipinski definition) is 2. The van der Waals surface area contributed by atoms with Gasteiger partial charge in [-0.15, -0.1) is 0 Å². The van der Waals surface area contributed by atoms with Gasteiger partial charge in [-0.2, -0.15) is 0 Å². The van der Waals surface area contributed by atoms with Gasteiger partial charge in [0, 0.05) is 18.9 Å². The van der Waals surface area contributed by atoms with Crippen LogP contribution in [0.3, 0.4) is 0 Å². The number of aryl methyl sites for hydroxylation is 1. The lowest BCUT2D eigenvalue weighted by molar-refractivity contribution is 0.673. The van der Waals surface area contributed by atoms with Gasteiger partial charge < -0.3 is 9.88 Å². The summed E-state index contributed by atoms with van der Waals surface area (Å²) in [5.74, 6) is 1.07. The van der Waals surface area contributed by atoms with Crippen LogP contribution >= 0.6 is 0 Å². The number of hydrogen-bond donors (Lipinski definition) is 1. The van der Waals surface area contributed by atoms with E-state index >= 15 is 0 Å². The zero-order valence-electron chi connectivity index (χ0n) is 9.77. The Labute approximate surface area is 96.1 Å². The van der Waals surface area contributed by atoms with Gasteiger partial charge in [0.25, 0.3) is 0 Å². The first kappa shape index (κ1) is 10.9. The minimum absolute atomic E-state index is 0.804. The molecular weight excluding hydrogens is 198 g/mol. The van der Waals surface area contributed by atoms with Crippen LogP contribution in [-0.4, -0.2) is 16.6 Å². The summed E-state index contributed by atoms with van der Waals surface area (Å²) in [6.45, 7) is 3.80. The summed E-state index contributed by atoms with van der Waals surface area (Å²) >= 11 is 0. The van der Waals surface area contributed by atoms with Crippen molar-refractivity contribution in [3.05, 3.63) is 53.6 Å². The van der Waals surface area contributed by atoms with Crippen LogP contribution in [0.1, 0.15) is 17.0 Å². The van der Waals surface area contributed by atoms with Gasteiger partial charge in [0.05, 0.1) is 6.54 Å². The summed E-state index contributed by atoms with van der Waals surface area (Å²) in [7, 11) is 1.94. The molecule has 0 unspecified atom stereocenters. The Balaban J connectivity index is 2.13. The summed E-state index contributed by atoms with van der Waals surface area (Å²) in [4.78, 5) is 4.32. The first-order valence-electron chi connectivity index (χ1n) is 5.50. The van der Waals surface area contributed by atoms with Crippen molar-refractivity contribution in [2.45, 2.75) is 20.0 Å². The van der Waals surface area contributed by atoms with E-state index in [4.69, 9.17) is 0 Å². The highest BCUT2D eigenvalue weighted by atomic mass is 15.1. The van der Waals surface area contributed by atoms with Gasteiger partial charge in [0.2, 0.25) is 0 Å². The number of benzene rings is 1. The third kappa shape index (κ3) is 2.49. The second kappa shape index (κ2) is 4.94. The number of nitrogens with zero attached hydrogens (tertiary/aromatic N) is 2. The van der Waals surface area contributed by atoms with Gasteiger partial charge in [-0.1, -0.05) is 29.8 Å². The average molecular weight is 215 g/mol. The molecule has 3 heteroatoms. The van der Waals surface area contributed by atoms with Crippen molar-refractivity contribution in [3.63, 3.8) is 0 Å². The number of rotatable bonds is 4. The van der Waals surface area contributed by atoms with E-state index < -0.39 is 0 Å². The molecule has 0 aliphatic heterocycles. The van der Waals surface area contributed by atoms with Crippen molar-refractivity contribution >= 4 is 0 Å². The minimum Gasteiger partial charge on any atom is -0.329 e. The standard InChI is InChI=1S/C13H17N3/c1-11-3-5-12(6-4-11)10-16-8-7-15-13(16)9-14-2/h3-8,14H,9-10H2,1-2H3. The highest BCUT2D eigenvalue weighted by molar-refractivity contribution is 5.21. The molecule has 84 valence electrons. The molecule has 3 nitrogen and oxygen atoms in total. The summed E-state index contributed by atoms with van der Waals surface area (Å²) < 4.78 is 2.17. The monoisotopic (exact) mass is 215 g/mol. The second-order valence-corrected chi connectivity index (χ2v) is 3.99. The Morgan fingerprint density at radius 3 is 2.69 bits per heavy atom. The van der Waals surface area contributed by atoms with E-state index in [2.05, 4.69) is 46.1 Å². The Bertz CT molecular complexity index is 442. The van der Waals surface area contributed by atoms with Crippen LogP contribution in [0.4, 0.5) is 0 Å². The minimum atomic E-state index is 0.804. The smallest absolute Gasteiger partial charge is 0.122 e. The van der Waals surface area contributed by atoms with E-state index in [-0.39, 0.29) is 0 Å². The molecule has 16 heavy (non-hydrogen) atoms. The van der Waals surface area contributed by atoms with Crippen molar-refractivity contribution < 1.29 is 0 Å². The SMILES string of the molecule is CNCc1nccn1Cc1ccc(C)cc1. The third-order valence-electron chi connectivity index (χ3n) is 2.61. The molecular formula is C13H17N3. The van der Waals surface area contributed by atoms with Crippen molar-refractivity contribution in [1.82, 2.24) is 14.9 Å². The summed E-state index contributed by atoms with van der Waals surface area (Å²) in [5.41, 5.74) is 2.60. The van der Waals surface area contributed by atoms with Crippen LogP contribution in [0.25, 0.3) is 0 Å². The lowest BCUT2D eigenvalue weighted by Gasteiger charge is -2.07. The highest BCUT2D eigenvalue weighted by Crippen LogP contribution is 2.07. The zero-order chi connectivity index (χ0) is 11.4. The lowest BCUT2D eigenvalue weighted by Crippen LogP contribution is -2.12. The molecule has 0 spiro atoms. The van der Waals surface area contributed by atoms with Crippen LogP contribution in [-0.2, 0) is 13.1 Å². The maximum Gasteiger partial charge on any atom is 0.122 e. The second-order valence-electron chi connectivity index (χ2n) is 3.99. The summed E-state index contributed by atoms with van der Waals surface area (Å²) in [6.07, 6.45) is 3.87. The predicted octanol–water partition coefficient (Wildman–Crippen LogP) is 1.96. The maximum absolute atomic E-state index is 4.32. The van der Waals surface area contributed by atoms with E-state index in [9.17, 15) is 0 Å². The van der Waals surface area contributed by atoms with Gasteiger partial charge in [0.15, 0.2) is 0 Å². The van der Waals surface area contributed by atoms with Crippen LogP contribution < -0.4 is 5.32 Å². The van der Waals surface area contributed by atoms with Gasteiger partial charge in [-0.25, -0.2) is 4.98 Å². The first-order chi connectivity index (χ1) is 7.79. The van der Waals surface area contributed by atoms with Crippen molar-refractivity contribution in [1.29, 1.82) is 0 Å². The largest absolute Gasteiger partial charge is 0.329 e. The van der Waals surface area contributed by atoms with Gasteiger partial charge >= 0.3 is 0 Å². The Hall–Kier alpha value is -1.61. The van der Waals surface area contributed by atoms with Gasteiger partial charge in [0.1, 0.15) is 5.82 Å². The predicted molar refractivity (Wildman–Crippen MR) is 65.3 cm³/mol. The fraction of sp³-hybridized carbons (Fsp3) is 0.308. The van der Waals surface area contributed by atoms with Crippen LogP contribution in [0.5, 0.6) is 0 Å². The maximum atomic E-state index is 4.32. The molecule has 2 rings (SSSR count). The quantitative estimate of drug-likeness (QED) is 0.845. The lowest BCUT2D eigenvalue weighted by atomic mass is 10.1. The molecule has 1 aromatic heterocycles. The number of aromatic nitrogens is 2. The van der Waals surface area contributed by atoms with E-state index in [1.165, 1.54) is 11.1 Å². The summed E-state index contributed by atoms with van der Waals surface area (Å²) in [6, 6.07) is 8.62. The van der Waals surface area contributed by atoms with Crippen LogP contribution in [0.2, 0.25) is 0 Å². The normalized spacial score (nSPS) is 10.6. The third-order valence-corrected chi connectivity index (χ3v) is 2.61. The first-order valence-corrected chi connectivity index (χ1v) is 5.50. The Morgan fingerprint density at radius 1 is 1.25 bits per heavy atom. The summed E-state index contributed by atoms with van der Waals surface area (Å²) in [5, 5.41) is 3.12. The fourth-order valence-corrected chi connectivity index (χ4v) is 1.70. The van der Waals surface area contributed by atoms with E-state index in [0.29, 0.717) is 0 Å². The van der Waals surface area contributed by atoms with Gasteiger partial charge in [-0.3, -0.25) is 0 Å². The molecule has 2 aromatic rings. The van der Waals surface area contributed by atoms with Crippen LogP contribution in [0, 0.1) is 6.92 Å². The van der Waals surface area contributed by atoms with Crippen molar-refractivity contribution in [3.8, 4) is 0 Å². The topological polar surface area (TPSA) is 29.9 Å². The molecule has 0 aliphatic carbocycles. The molecule has 0 atom stereocenters. The van der Waals surface area contributed by atoms with E-state index in [1.54, 1.807) is 0 Å². The molecule has 1 heterocycles. The molecule has 0 radical (unpaired) electrons. The number of nitrogens with one attached hydrogen (secondary N) is 1. The molecule has 0 saturated carbocycles. The van der Waals surface area contributed by atoms with Crippen molar-refractivity contribution in [2.75, 3.05) is 7.05 Å². The molecule has 0 bridgehead atoms. The zero-order valence-corrected chi connectivity index (χ0v) is 9.77.